The van der Waals surface area contributed by atoms with Crippen molar-refractivity contribution in [1.29, 1.82) is 0 Å². The van der Waals surface area contributed by atoms with Crippen LogP contribution in [0.4, 0.5) is 10.1 Å². The highest BCUT2D eigenvalue weighted by atomic mass is 19.1. The van der Waals surface area contributed by atoms with Crippen molar-refractivity contribution in [3.05, 3.63) is 104 Å². The molecule has 1 atom stereocenters. The number of carbonyl (C=O) groups is 3. The van der Waals surface area contributed by atoms with Gasteiger partial charge >= 0.3 is 5.69 Å². The van der Waals surface area contributed by atoms with Crippen molar-refractivity contribution < 1.29 is 23.5 Å². The third-order valence-corrected chi connectivity index (χ3v) is 7.92. The van der Waals surface area contributed by atoms with E-state index in [4.69, 9.17) is 4.74 Å². The number of benzene rings is 3. The Balaban J connectivity index is 1.64. The maximum Gasteiger partial charge on any atom is 0.330 e. The van der Waals surface area contributed by atoms with E-state index in [1.54, 1.807) is 25.1 Å². The molecule has 3 amide bonds. The number of methoxy groups -OCH3 is 1. The average Bonchev–Trinajstić information content (AvgIpc) is 3.02. The summed E-state index contributed by atoms with van der Waals surface area (Å²) >= 11 is 0. The molecule has 12 heteroatoms. The SMILES string of the molecule is COc1cc(-c2cccc(-c3cccc(NC(=O)c4cn(C)c(=O)n(C)c4=O)c3C)c2C)cc(F)c1CNC(C)CC(=O)NC=O. The molecule has 0 bridgehead atoms. The topological polar surface area (TPSA) is 141 Å². The minimum Gasteiger partial charge on any atom is -0.496 e. The number of anilines is 1. The number of aryl methyl sites for hydroxylation is 1. The van der Waals surface area contributed by atoms with E-state index in [0.717, 1.165) is 32.4 Å². The van der Waals surface area contributed by atoms with Gasteiger partial charge in [0.25, 0.3) is 11.5 Å². The summed E-state index contributed by atoms with van der Waals surface area (Å²) in [5, 5.41) is 7.98. The Bertz CT molecular complexity index is 1950. The number of amides is 3. The molecular weight excluding hydrogens is 593 g/mol. The number of nitrogens with zero attached hydrogens (tertiary/aromatic N) is 2. The van der Waals surface area contributed by atoms with E-state index < -0.39 is 28.9 Å². The zero-order chi connectivity index (χ0) is 33.7. The summed E-state index contributed by atoms with van der Waals surface area (Å²) in [6, 6.07) is 14.0. The molecule has 0 aliphatic carbocycles. The van der Waals surface area contributed by atoms with Gasteiger partial charge in [-0.05, 0) is 72.4 Å². The minimum atomic E-state index is -0.695. The van der Waals surface area contributed by atoms with E-state index in [1.165, 1.54) is 38.0 Å². The monoisotopic (exact) mass is 629 g/mol. The molecule has 3 N–H and O–H groups in total. The highest BCUT2D eigenvalue weighted by molar-refractivity contribution is 6.04. The van der Waals surface area contributed by atoms with Crippen molar-refractivity contribution in [1.82, 2.24) is 19.8 Å². The summed E-state index contributed by atoms with van der Waals surface area (Å²) in [5.41, 5.74) is 4.07. The number of imide groups is 1. The normalized spacial score (nSPS) is 11.5. The van der Waals surface area contributed by atoms with Crippen LogP contribution < -0.4 is 31.9 Å². The second-order valence-corrected chi connectivity index (χ2v) is 11.0. The fourth-order valence-corrected chi connectivity index (χ4v) is 5.33. The first-order valence-electron chi connectivity index (χ1n) is 14.5. The molecule has 4 rings (SSSR count). The first-order chi connectivity index (χ1) is 21.9. The molecule has 1 aromatic heterocycles. The lowest BCUT2D eigenvalue weighted by Gasteiger charge is -2.19. The largest absolute Gasteiger partial charge is 0.496 e. The summed E-state index contributed by atoms with van der Waals surface area (Å²) < 4.78 is 23.1. The number of aromatic nitrogens is 2. The van der Waals surface area contributed by atoms with Gasteiger partial charge in [0.1, 0.15) is 17.1 Å². The number of hydrogen-bond acceptors (Lipinski definition) is 7. The first kappa shape index (κ1) is 33.5. The molecule has 4 aromatic rings. The van der Waals surface area contributed by atoms with Gasteiger partial charge in [-0.15, -0.1) is 0 Å². The fraction of sp³-hybridized carbons (Fsp3) is 0.265. The lowest BCUT2D eigenvalue weighted by atomic mass is 9.90. The molecule has 0 spiro atoms. The predicted octanol–water partition coefficient (Wildman–Crippen LogP) is 3.58. The first-order valence-corrected chi connectivity index (χ1v) is 14.5. The summed E-state index contributed by atoms with van der Waals surface area (Å²) in [5.74, 6) is -1.23. The van der Waals surface area contributed by atoms with Gasteiger partial charge in [0.15, 0.2) is 0 Å². The Hall–Kier alpha value is -5.36. The molecular formula is C34H36FN5O6. The van der Waals surface area contributed by atoms with E-state index in [0.29, 0.717) is 29.0 Å². The van der Waals surface area contributed by atoms with Crippen LogP contribution >= 0.6 is 0 Å². The smallest absolute Gasteiger partial charge is 0.330 e. The van der Waals surface area contributed by atoms with Crippen molar-refractivity contribution >= 4 is 23.9 Å². The van der Waals surface area contributed by atoms with Crippen LogP contribution in [-0.2, 0) is 30.2 Å². The molecule has 240 valence electrons. The van der Waals surface area contributed by atoms with Gasteiger partial charge in [-0.25, -0.2) is 9.18 Å². The van der Waals surface area contributed by atoms with E-state index in [-0.39, 0.29) is 24.6 Å². The quantitative estimate of drug-likeness (QED) is 0.216. The average molecular weight is 630 g/mol. The summed E-state index contributed by atoms with van der Waals surface area (Å²) in [4.78, 5) is 59.9. The highest BCUT2D eigenvalue weighted by Crippen LogP contribution is 2.37. The zero-order valence-electron chi connectivity index (χ0n) is 26.5. The van der Waals surface area contributed by atoms with Crippen LogP contribution in [0.2, 0.25) is 0 Å². The number of hydrogen-bond donors (Lipinski definition) is 3. The molecule has 46 heavy (non-hydrogen) atoms. The predicted molar refractivity (Wildman–Crippen MR) is 173 cm³/mol. The van der Waals surface area contributed by atoms with E-state index >= 15 is 4.39 Å². The Morgan fingerprint density at radius 3 is 2.33 bits per heavy atom. The Labute approximate surface area is 265 Å². The van der Waals surface area contributed by atoms with E-state index in [9.17, 15) is 24.0 Å². The van der Waals surface area contributed by atoms with Gasteiger partial charge in [0.2, 0.25) is 12.3 Å². The molecule has 0 fully saturated rings. The van der Waals surface area contributed by atoms with Crippen LogP contribution in [0.25, 0.3) is 22.3 Å². The van der Waals surface area contributed by atoms with Crippen LogP contribution in [0.1, 0.15) is 40.4 Å². The Morgan fingerprint density at radius 1 is 1.00 bits per heavy atom. The van der Waals surface area contributed by atoms with Crippen LogP contribution in [0, 0.1) is 19.7 Å². The number of nitrogens with one attached hydrogen (secondary N) is 3. The second kappa shape index (κ2) is 14.2. The van der Waals surface area contributed by atoms with Crippen LogP contribution in [0.3, 0.4) is 0 Å². The zero-order valence-corrected chi connectivity index (χ0v) is 26.5. The van der Waals surface area contributed by atoms with Gasteiger partial charge in [-0.1, -0.05) is 30.3 Å². The lowest BCUT2D eigenvalue weighted by Crippen LogP contribution is -2.40. The second-order valence-electron chi connectivity index (χ2n) is 11.0. The van der Waals surface area contributed by atoms with E-state index in [1.807, 2.05) is 38.1 Å². The summed E-state index contributed by atoms with van der Waals surface area (Å²) in [6.45, 7) is 5.64. The number of rotatable bonds is 11. The van der Waals surface area contributed by atoms with Crippen LogP contribution in [0.5, 0.6) is 5.75 Å². The third-order valence-electron chi connectivity index (χ3n) is 7.92. The van der Waals surface area contributed by atoms with Crippen molar-refractivity contribution in [2.24, 2.45) is 14.1 Å². The molecule has 11 nitrogen and oxygen atoms in total. The van der Waals surface area contributed by atoms with Crippen LogP contribution in [-0.4, -0.2) is 40.5 Å². The highest BCUT2D eigenvalue weighted by Gasteiger charge is 2.19. The Morgan fingerprint density at radius 2 is 1.65 bits per heavy atom. The van der Waals surface area contributed by atoms with Gasteiger partial charge < -0.3 is 19.9 Å². The summed E-state index contributed by atoms with van der Waals surface area (Å²) in [7, 11) is 4.24. The number of carbonyl (C=O) groups excluding carboxylic acids is 3. The minimum absolute atomic E-state index is 0.0444. The molecule has 1 heterocycles. The molecule has 0 aliphatic rings. The maximum absolute atomic E-state index is 15.5. The van der Waals surface area contributed by atoms with E-state index in [2.05, 4.69) is 16.0 Å². The van der Waals surface area contributed by atoms with Gasteiger partial charge in [0.05, 0.1) is 7.11 Å². The molecule has 0 aliphatic heterocycles. The lowest BCUT2D eigenvalue weighted by molar-refractivity contribution is -0.125. The van der Waals surface area contributed by atoms with Gasteiger partial charge in [-0.2, -0.15) is 0 Å². The van der Waals surface area contributed by atoms with Crippen molar-refractivity contribution in [2.75, 3.05) is 12.4 Å². The van der Waals surface area contributed by atoms with Gasteiger partial charge in [-0.3, -0.25) is 29.1 Å². The van der Waals surface area contributed by atoms with Crippen molar-refractivity contribution in [3.8, 4) is 28.0 Å². The third kappa shape index (κ3) is 6.97. The maximum atomic E-state index is 15.5. The molecule has 0 saturated carbocycles. The molecule has 3 aromatic carbocycles. The molecule has 0 saturated heterocycles. The number of ether oxygens (including phenoxy) is 1. The number of halogens is 1. The molecule has 1 unspecified atom stereocenters. The fourth-order valence-electron chi connectivity index (χ4n) is 5.33. The van der Waals surface area contributed by atoms with Crippen molar-refractivity contribution in [2.45, 2.75) is 39.8 Å². The van der Waals surface area contributed by atoms with Gasteiger partial charge in [0, 0.05) is 50.6 Å². The Kier molecular flexibility index (Phi) is 10.3. The molecule has 0 radical (unpaired) electrons. The van der Waals surface area contributed by atoms with Crippen molar-refractivity contribution in [3.63, 3.8) is 0 Å². The van der Waals surface area contributed by atoms with Crippen LogP contribution in [0.15, 0.2) is 64.3 Å². The standard InChI is InChI=1S/C34H36FN5O6/c1-19(13-31(42)37-18-41)36-16-26-28(35)14-22(15-30(26)46-6)23-9-7-10-24(20(23)2)25-11-8-12-29(21(25)3)38-32(43)27-17-39(4)34(45)40(5)33(27)44/h7-12,14-15,17-19,36H,13,16H2,1-6H3,(H,38,43)(H,37,41,42). The summed E-state index contributed by atoms with van der Waals surface area (Å²) in [6.07, 6.45) is 1.59.